The van der Waals surface area contributed by atoms with Crippen LogP contribution < -0.4 is 14.8 Å². The van der Waals surface area contributed by atoms with Crippen LogP contribution in [0.4, 0.5) is 0 Å². The smallest absolute Gasteiger partial charge is 0.275 e. The Labute approximate surface area is 261 Å². The van der Waals surface area contributed by atoms with Gasteiger partial charge in [-0.1, -0.05) is 54.6 Å². The molecule has 0 saturated heterocycles. The lowest BCUT2D eigenvalue weighted by Crippen LogP contribution is -2.47. The summed E-state index contributed by atoms with van der Waals surface area (Å²) < 4.78 is 11.6. The average molecular weight is 656 g/mol. The van der Waals surface area contributed by atoms with Crippen molar-refractivity contribution in [2.24, 2.45) is 11.0 Å². The lowest BCUT2D eigenvalue weighted by Gasteiger charge is -2.34. The summed E-state index contributed by atoms with van der Waals surface area (Å²) in [5.41, 5.74) is 3.12. The second kappa shape index (κ2) is 11.9. The van der Waals surface area contributed by atoms with Gasteiger partial charge in [-0.3, -0.25) is 19.7 Å². The minimum atomic E-state index is -0.587. The molecule has 3 aromatic rings. The summed E-state index contributed by atoms with van der Waals surface area (Å²) in [4.78, 5) is 39.2. The molecule has 0 spiro atoms. The van der Waals surface area contributed by atoms with Crippen molar-refractivity contribution in [3.63, 3.8) is 0 Å². The van der Waals surface area contributed by atoms with Crippen LogP contribution in [-0.4, -0.2) is 47.7 Å². The zero-order valence-corrected chi connectivity index (χ0v) is 25.4. The maximum atomic E-state index is 14.1. The highest BCUT2D eigenvalue weighted by atomic mass is 79.9. The highest BCUT2D eigenvalue weighted by molar-refractivity contribution is 9.10. The maximum absolute atomic E-state index is 14.1. The summed E-state index contributed by atoms with van der Waals surface area (Å²) in [7, 11) is 3.08. The van der Waals surface area contributed by atoms with E-state index in [1.54, 1.807) is 49.6 Å². The summed E-state index contributed by atoms with van der Waals surface area (Å²) in [6, 6.07) is 20.7. The molecule has 0 unspecified atom stereocenters. The van der Waals surface area contributed by atoms with E-state index in [-0.39, 0.29) is 23.9 Å². The minimum absolute atomic E-state index is 0.0579. The number of halogens is 1. The first-order valence-corrected chi connectivity index (χ1v) is 14.6. The normalized spacial score (nSPS) is 20.8. The molecule has 2 aliphatic heterocycles. The van der Waals surface area contributed by atoms with Crippen molar-refractivity contribution in [2.45, 2.75) is 18.5 Å². The van der Waals surface area contributed by atoms with E-state index in [2.05, 4.69) is 21.2 Å². The maximum Gasteiger partial charge on any atom is 0.275 e. The van der Waals surface area contributed by atoms with Crippen molar-refractivity contribution in [2.75, 3.05) is 14.2 Å². The van der Waals surface area contributed by atoms with Gasteiger partial charge in [-0.2, -0.15) is 5.10 Å². The Morgan fingerprint density at radius 2 is 1.77 bits per heavy atom. The number of carbonyl (C=O) groups excluding carboxylic acids is 2. The van der Waals surface area contributed by atoms with Crippen LogP contribution in [0.3, 0.4) is 0 Å². The van der Waals surface area contributed by atoms with Crippen LogP contribution >= 0.6 is 15.9 Å². The monoisotopic (exact) mass is 654 g/mol. The number of carbonyl (C=O) groups is 2. The van der Waals surface area contributed by atoms with Gasteiger partial charge in [0.15, 0.2) is 11.5 Å². The molecular formula is C33H27BrN4O6. The number of nitro groups is 1. The number of benzene rings is 3. The third-order valence-electron chi connectivity index (χ3n) is 7.94. The van der Waals surface area contributed by atoms with Gasteiger partial charge in [0, 0.05) is 29.0 Å². The van der Waals surface area contributed by atoms with Crippen molar-refractivity contribution < 1.29 is 24.0 Å². The molecule has 1 N–H and O–H groups in total. The second-order valence-corrected chi connectivity index (χ2v) is 11.3. The Bertz CT molecular complexity index is 1800. The summed E-state index contributed by atoms with van der Waals surface area (Å²) in [6.07, 6.45) is 4.83. The van der Waals surface area contributed by atoms with Gasteiger partial charge in [-0.25, -0.2) is 5.01 Å². The summed E-state index contributed by atoms with van der Waals surface area (Å²) in [5.74, 6) is -0.233. The number of nitrogens with one attached hydrogen (secondary N) is 1. The molecule has 0 saturated carbocycles. The molecule has 0 bridgehead atoms. The van der Waals surface area contributed by atoms with Crippen molar-refractivity contribution in [1.82, 2.24) is 10.3 Å². The van der Waals surface area contributed by atoms with E-state index >= 15 is 0 Å². The number of rotatable bonds is 7. The van der Waals surface area contributed by atoms with Crippen molar-refractivity contribution >= 4 is 39.0 Å². The molecule has 0 aromatic heterocycles. The lowest BCUT2D eigenvalue weighted by molar-refractivity contribution is -0.419. The summed E-state index contributed by atoms with van der Waals surface area (Å²) >= 11 is 3.48. The summed E-state index contributed by atoms with van der Waals surface area (Å²) in [5, 5.41) is 21.0. The van der Waals surface area contributed by atoms with Gasteiger partial charge in [0.25, 0.3) is 17.5 Å². The highest BCUT2D eigenvalue weighted by Crippen LogP contribution is 2.43. The zero-order chi connectivity index (χ0) is 31.0. The predicted octanol–water partition coefficient (Wildman–Crippen LogP) is 5.71. The number of allylic oxidation sites excluding steroid dienone is 1. The van der Waals surface area contributed by atoms with Gasteiger partial charge in [-0.15, -0.1) is 0 Å². The zero-order valence-electron chi connectivity index (χ0n) is 23.8. The van der Waals surface area contributed by atoms with Crippen molar-refractivity contribution in [3.05, 3.63) is 134 Å². The summed E-state index contributed by atoms with van der Waals surface area (Å²) in [6.45, 7) is 0. The number of hydrogen-bond donors (Lipinski definition) is 1. The molecule has 3 atom stereocenters. The fourth-order valence-electron chi connectivity index (χ4n) is 5.87. The van der Waals surface area contributed by atoms with E-state index in [0.717, 1.165) is 11.1 Å². The van der Waals surface area contributed by atoms with E-state index in [1.807, 2.05) is 42.5 Å². The highest BCUT2D eigenvalue weighted by Gasteiger charge is 2.43. The van der Waals surface area contributed by atoms with Crippen LogP contribution in [0.25, 0.3) is 5.57 Å². The number of hydrogen-bond acceptors (Lipinski definition) is 7. The molecule has 3 aromatic carbocycles. The lowest BCUT2D eigenvalue weighted by atomic mass is 9.76. The first-order chi connectivity index (χ1) is 21.3. The second-order valence-electron chi connectivity index (χ2n) is 10.4. The van der Waals surface area contributed by atoms with Crippen LogP contribution in [0.1, 0.15) is 33.9 Å². The van der Waals surface area contributed by atoms with Crippen LogP contribution in [0.2, 0.25) is 0 Å². The molecule has 10 nitrogen and oxygen atoms in total. The number of hydrazone groups is 1. The Kier molecular flexibility index (Phi) is 7.88. The predicted molar refractivity (Wildman–Crippen MR) is 168 cm³/mol. The van der Waals surface area contributed by atoms with Crippen molar-refractivity contribution in [1.29, 1.82) is 0 Å². The third kappa shape index (κ3) is 5.19. The largest absolute Gasteiger partial charge is 0.493 e. The van der Waals surface area contributed by atoms with Gasteiger partial charge in [0.05, 0.1) is 48.1 Å². The van der Waals surface area contributed by atoms with Gasteiger partial charge < -0.3 is 14.8 Å². The van der Waals surface area contributed by atoms with E-state index in [4.69, 9.17) is 14.6 Å². The number of ether oxygens (including phenoxy) is 2. The molecule has 0 fully saturated rings. The Hall–Kier alpha value is -5.03. The van der Waals surface area contributed by atoms with E-state index in [0.29, 0.717) is 38.4 Å². The molecule has 3 aliphatic rings. The molecule has 2 heterocycles. The SMILES string of the molecule is COc1ccc([C@@H]2CC(C3=C(c4ccccc4)[C@@H]4C=C([N+](=O)[O-])C=C[C@@H]4NC3=O)=NN2C(=O)c2ccccc2Br)cc1OC. The average Bonchev–Trinajstić information content (AvgIpc) is 3.48. The number of nitrogens with zero attached hydrogens (tertiary/aromatic N) is 3. The van der Waals surface area contributed by atoms with Gasteiger partial charge in [0.1, 0.15) is 0 Å². The number of methoxy groups -OCH3 is 2. The minimum Gasteiger partial charge on any atom is -0.493 e. The van der Waals surface area contributed by atoms with Crippen LogP contribution in [0.15, 0.2) is 112 Å². The first kappa shape index (κ1) is 29.1. The molecule has 2 amide bonds. The van der Waals surface area contributed by atoms with Crippen LogP contribution in [0.5, 0.6) is 11.5 Å². The molecule has 6 rings (SSSR count). The number of fused-ring (bicyclic) bond motifs is 1. The van der Waals surface area contributed by atoms with Gasteiger partial charge >= 0.3 is 0 Å². The molecular weight excluding hydrogens is 628 g/mol. The Morgan fingerprint density at radius 3 is 2.48 bits per heavy atom. The molecule has 11 heteroatoms. The Morgan fingerprint density at radius 1 is 1.05 bits per heavy atom. The molecule has 44 heavy (non-hydrogen) atoms. The van der Waals surface area contributed by atoms with Crippen molar-refractivity contribution in [3.8, 4) is 11.5 Å². The topological polar surface area (TPSA) is 123 Å². The molecule has 1 aliphatic carbocycles. The fraction of sp³-hybridized carbons (Fsp3) is 0.182. The number of amides is 2. The molecule has 222 valence electrons. The van der Waals surface area contributed by atoms with E-state index in [9.17, 15) is 19.7 Å². The van der Waals surface area contributed by atoms with E-state index in [1.165, 1.54) is 18.2 Å². The Balaban J connectivity index is 1.53. The van der Waals surface area contributed by atoms with Crippen LogP contribution in [-0.2, 0) is 4.79 Å². The molecule has 0 radical (unpaired) electrons. The van der Waals surface area contributed by atoms with Gasteiger partial charge in [-0.05, 0) is 56.9 Å². The third-order valence-corrected chi connectivity index (χ3v) is 8.63. The standard InChI is InChI=1S/C33H27BrN4O6/c1-43-28-15-12-20(16-29(28)44-2)27-18-26(36-37(27)33(40)22-10-6-7-11-24(22)34)31-30(19-8-4-3-5-9-19)23-17-21(38(41)42)13-14-25(23)35-32(31)39/h3-17,23,25,27H,18H2,1-2H3,(H,35,39)/t23-,25+,27+/m1/s1. The van der Waals surface area contributed by atoms with E-state index < -0.39 is 22.9 Å². The van der Waals surface area contributed by atoms with Crippen LogP contribution in [0, 0.1) is 16.0 Å². The first-order valence-electron chi connectivity index (χ1n) is 13.8. The fourth-order valence-corrected chi connectivity index (χ4v) is 6.32. The quantitative estimate of drug-likeness (QED) is 0.257. The van der Waals surface area contributed by atoms with Gasteiger partial charge in [0.2, 0.25) is 0 Å².